The number of hydrogen-bond acceptors (Lipinski definition) is 3. The Hall–Kier alpha value is -0.610. The van der Waals surface area contributed by atoms with Crippen LogP contribution in [0.1, 0.15) is 25.7 Å². The Morgan fingerprint density at radius 2 is 2.31 bits per heavy atom. The van der Waals surface area contributed by atoms with Crippen molar-refractivity contribution in [2.75, 3.05) is 33.2 Å². The van der Waals surface area contributed by atoms with E-state index >= 15 is 0 Å². The summed E-state index contributed by atoms with van der Waals surface area (Å²) in [6.07, 6.45) is 4.78. The first-order chi connectivity index (χ1) is 7.81. The Bertz CT molecular complexity index is 238. The summed E-state index contributed by atoms with van der Waals surface area (Å²) in [4.78, 5) is 14.1. The van der Waals surface area contributed by atoms with E-state index in [1.54, 1.807) is 7.05 Å². The molecule has 16 heavy (non-hydrogen) atoms. The van der Waals surface area contributed by atoms with E-state index in [9.17, 15) is 4.79 Å². The number of likely N-dealkylation sites (N-methyl/N-ethyl adjacent to an activating group) is 1. The van der Waals surface area contributed by atoms with E-state index in [2.05, 4.69) is 15.5 Å². The number of carbonyl (C=O) groups is 1. The van der Waals surface area contributed by atoms with Crippen LogP contribution in [0.25, 0.3) is 0 Å². The number of nitrogens with zero attached hydrogens (tertiary/aromatic N) is 1. The van der Waals surface area contributed by atoms with Crippen LogP contribution in [0.15, 0.2) is 0 Å². The smallest absolute Gasteiger partial charge is 0.237 e. The lowest BCUT2D eigenvalue weighted by Crippen LogP contribution is -2.46. The summed E-state index contributed by atoms with van der Waals surface area (Å²) in [7, 11) is 1.74. The molecule has 2 heterocycles. The van der Waals surface area contributed by atoms with Crippen molar-refractivity contribution in [3.63, 3.8) is 0 Å². The second-order valence-corrected chi connectivity index (χ2v) is 4.98. The summed E-state index contributed by atoms with van der Waals surface area (Å²) >= 11 is 0. The molecule has 2 fully saturated rings. The zero-order chi connectivity index (χ0) is 11.4. The predicted molar refractivity (Wildman–Crippen MR) is 64.3 cm³/mol. The Labute approximate surface area is 97.8 Å². The van der Waals surface area contributed by atoms with E-state index in [1.807, 2.05) is 0 Å². The first-order valence-electron chi connectivity index (χ1n) is 6.47. The van der Waals surface area contributed by atoms with E-state index in [0.29, 0.717) is 0 Å². The van der Waals surface area contributed by atoms with Gasteiger partial charge in [0.15, 0.2) is 0 Å². The molecular formula is C12H23N3O. The third-order valence-electron chi connectivity index (χ3n) is 3.80. The highest BCUT2D eigenvalue weighted by Gasteiger charge is 2.31. The van der Waals surface area contributed by atoms with Gasteiger partial charge >= 0.3 is 0 Å². The molecule has 0 saturated carbocycles. The van der Waals surface area contributed by atoms with Crippen LogP contribution in [-0.4, -0.2) is 50.1 Å². The molecule has 0 radical (unpaired) electrons. The normalized spacial score (nSPS) is 31.6. The van der Waals surface area contributed by atoms with Gasteiger partial charge in [-0.05, 0) is 51.2 Å². The Morgan fingerprint density at radius 3 is 3.00 bits per heavy atom. The van der Waals surface area contributed by atoms with Gasteiger partial charge in [0.25, 0.3) is 0 Å². The summed E-state index contributed by atoms with van der Waals surface area (Å²) in [6.45, 7) is 4.46. The zero-order valence-electron chi connectivity index (χ0n) is 10.2. The lowest BCUT2D eigenvalue weighted by molar-refractivity contribution is -0.125. The molecule has 0 bridgehead atoms. The number of nitrogens with one attached hydrogen (secondary N) is 2. The average molecular weight is 225 g/mol. The van der Waals surface area contributed by atoms with Crippen LogP contribution in [0.3, 0.4) is 0 Å². The van der Waals surface area contributed by atoms with Gasteiger partial charge in [-0.2, -0.15) is 0 Å². The average Bonchev–Trinajstić information content (AvgIpc) is 2.77. The predicted octanol–water partition coefficient (Wildman–Crippen LogP) is 0.196. The van der Waals surface area contributed by atoms with Crippen LogP contribution >= 0.6 is 0 Å². The lowest BCUT2D eigenvalue weighted by atomic mass is 9.99. The van der Waals surface area contributed by atoms with Gasteiger partial charge in [0.2, 0.25) is 5.91 Å². The fourth-order valence-corrected chi connectivity index (χ4v) is 2.92. The van der Waals surface area contributed by atoms with Crippen LogP contribution in [0, 0.1) is 5.92 Å². The standard InChI is InChI=1S/C12H23N3O/c1-13-12(16)11-5-3-7-15(11)9-10-4-2-6-14-8-10/h10-11,14H,2-9H2,1H3,(H,13,16). The van der Waals surface area contributed by atoms with Gasteiger partial charge in [0.05, 0.1) is 6.04 Å². The number of piperidine rings is 1. The Balaban J connectivity index is 1.85. The first kappa shape index (κ1) is 11.9. The topological polar surface area (TPSA) is 44.4 Å². The van der Waals surface area contributed by atoms with Crippen LogP contribution in [0.4, 0.5) is 0 Å². The molecular weight excluding hydrogens is 202 g/mol. The van der Waals surface area contributed by atoms with Crippen molar-refractivity contribution < 1.29 is 4.79 Å². The molecule has 2 atom stereocenters. The van der Waals surface area contributed by atoms with Crippen LogP contribution < -0.4 is 10.6 Å². The van der Waals surface area contributed by atoms with Gasteiger partial charge < -0.3 is 10.6 Å². The molecule has 0 spiro atoms. The molecule has 4 nitrogen and oxygen atoms in total. The monoisotopic (exact) mass is 225 g/mol. The molecule has 2 aliphatic rings. The minimum absolute atomic E-state index is 0.131. The second kappa shape index (κ2) is 5.64. The number of hydrogen-bond donors (Lipinski definition) is 2. The van der Waals surface area contributed by atoms with Crippen molar-refractivity contribution in [2.24, 2.45) is 5.92 Å². The van der Waals surface area contributed by atoms with Crippen LogP contribution in [0.2, 0.25) is 0 Å². The summed E-state index contributed by atoms with van der Waals surface area (Å²) < 4.78 is 0. The highest BCUT2D eigenvalue weighted by molar-refractivity contribution is 5.81. The molecule has 2 aliphatic heterocycles. The van der Waals surface area contributed by atoms with E-state index < -0.39 is 0 Å². The Kier molecular flexibility index (Phi) is 4.18. The number of amides is 1. The lowest BCUT2D eigenvalue weighted by Gasteiger charge is -2.30. The van der Waals surface area contributed by atoms with Crippen molar-refractivity contribution in [3.05, 3.63) is 0 Å². The van der Waals surface area contributed by atoms with Crippen molar-refractivity contribution in [3.8, 4) is 0 Å². The van der Waals surface area contributed by atoms with Crippen molar-refractivity contribution in [1.29, 1.82) is 0 Å². The van der Waals surface area contributed by atoms with Crippen molar-refractivity contribution >= 4 is 5.91 Å². The summed E-state index contributed by atoms with van der Waals surface area (Å²) in [5.74, 6) is 0.931. The maximum absolute atomic E-state index is 11.7. The summed E-state index contributed by atoms with van der Waals surface area (Å²) in [5, 5.41) is 6.22. The highest BCUT2D eigenvalue weighted by atomic mass is 16.2. The van der Waals surface area contributed by atoms with Gasteiger partial charge in [0.1, 0.15) is 0 Å². The number of likely N-dealkylation sites (tertiary alicyclic amines) is 1. The fourth-order valence-electron chi connectivity index (χ4n) is 2.92. The fraction of sp³-hybridized carbons (Fsp3) is 0.917. The summed E-state index contributed by atoms with van der Waals surface area (Å²) in [5.41, 5.74) is 0. The van der Waals surface area contributed by atoms with Crippen molar-refractivity contribution in [2.45, 2.75) is 31.7 Å². The third-order valence-corrected chi connectivity index (χ3v) is 3.80. The quantitative estimate of drug-likeness (QED) is 0.721. The molecule has 1 amide bonds. The molecule has 2 unspecified atom stereocenters. The maximum atomic E-state index is 11.7. The largest absolute Gasteiger partial charge is 0.358 e. The van der Waals surface area contributed by atoms with E-state index in [0.717, 1.165) is 44.9 Å². The minimum atomic E-state index is 0.131. The molecule has 0 aliphatic carbocycles. The third kappa shape index (κ3) is 2.74. The molecule has 4 heteroatoms. The van der Waals surface area contributed by atoms with Crippen molar-refractivity contribution in [1.82, 2.24) is 15.5 Å². The molecule has 0 aromatic heterocycles. The zero-order valence-corrected chi connectivity index (χ0v) is 10.2. The number of carbonyl (C=O) groups excluding carboxylic acids is 1. The molecule has 0 aromatic rings. The Morgan fingerprint density at radius 1 is 1.44 bits per heavy atom. The van der Waals surface area contributed by atoms with Gasteiger partial charge in [-0.3, -0.25) is 9.69 Å². The first-order valence-corrected chi connectivity index (χ1v) is 6.47. The van der Waals surface area contributed by atoms with Gasteiger partial charge in [-0.15, -0.1) is 0 Å². The maximum Gasteiger partial charge on any atom is 0.237 e. The SMILES string of the molecule is CNC(=O)C1CCCN1CC1CCCNC1. The minimum Gasteiger partial charge on any atom is -0.358 e. The van der Waals surface area contributed by atoms with Gasteiger partial charge in [-0.1, -0.05) is 0 Å². The molecule has 92 valence electrons. The van der Waals surface area contributed by atoms with Gasteiger partial charge in [-0.25, -0.2) is 0 Å². The number of rotatable bonds is 3. The van der Waals surface area contributed by atoms with Crippen LogP contribution in [-0.2, 0) is 4.79 Å². The van der Waals surface area contributed by atoms with E-state index in [-0.39, 0.29) is 11.9 Å². The molecule has 0 aromatic carbocycles. The van der Waals surface area contributed by atoms with Crippen LogP contribution in [0.5, 0.6) is 0 Å². The van der Waals surface area contributed by atoms with Gasteiger partial charge in [0, 0.05) is 13.6 Å². The summed E-state index contributed by atoms with van der Waals surface area (Å²) in [6, 6.07) is 0.131. The highest BCUT2D eigenvalue weighted by Crippen LogP contribution is 2.21. The molecule has 2 saturated heterocycles. The van der Waals surface area contributed by atoms with E-state index in [4.69, 9.17) is 0 Å². The van der Waals surface area contributed by atoms with E-state index in [1.165, 1.54) is 12.8 Å². The second-order valence-electron chi connectivity index (χ2n) is 4.98. The molecule has 2 rings (SSSR count). The molecule has 2 N–H and O–H groups in total.